The highest BCUT2D eigenvalue weighted by molar-refractivity contribution is 5.48. The van der Waals surface area contributed by atoms with Crippen LogP contribution in [0.3, 0.4) is 0 Å². The molecule has 2 heterocycles. The highest BCUT2D eigenvalue weighted by atomic mass is 19.1. The number of rotatable bonds is 4. The van der Waals surface area contributed by atoms with Crippen LogP contribution < -0.4 is 10.2 Å². The molecule has 1 aliphatic rings. The molecule has 0 amide bonds. The number of anilines is 1. The molecule has 1 atom stereocenters. The fourth-order valence-electron chi connectivity index (χ4n) is 2.77. The lowest BCUT2D eigenvalue weighted by Gasteiger charge is -2.30. The monoisotopic (exact) mass is 279 g/mol. The van der Waals surface area contributed by atoms with Crippen LogP contribution in [0, 0.1) is 5.82 Å². The van der Waals surface area contributed by atoms with Crippen molar-refractivity contribution in [1.82, 2.24) is 10.3 Å². The minimum atomic E-state index is -0.253. The van der Waals surface area contributed by atoms with Gasteiger partial charge in [-0.3, -0.25) is 0 Å². The standard InChI is InChI=1S/C16H26FN3/c1-12(2)18-10-14-9-15(17)11-19-16(14)20-8-6-4-5-7-13(20)3/h9,11-13,18H,4-8,10H2,1-3H3. The Morgan fingerprint density at radius 1 is 1.40 bits per heavy atom. The molecule has 0 bridgehead atoms. The van der Waals surface area contributed by atoms with E-state index in [1.165, 1.54) is 31.9 Å². The highest BCUT2D eigenvalue weighted by Crippen LogP contribution is 2.26. The van der Waals surface area contributed by atoms with Crippen molar-refractivity contribution in [3.8, 4) is 0 Å². The predicted molar refractivity (Wildman–Crippen MR) is 81.4 cm³/mol. The van der Waals surface area contributed by atoms with E-state index in [1.807, 2.05) is 0 Å². The number of pyridine rings is 1. The van der Waals surface area contributed by atoms with Gasteiger partial charge in [0.05, 0.1) is 6.20 Å². The largest absolute Gasteiger partial charge is 0.354 e. The van der Waals surface area contributed by atoms with E-state index in [4.69, 9.17) is 0 Å². The summed E-state index contributed by atoms with van der Waals surface area (Å²) in [5.74, 6) is 0.700. The summed E-state index contributed by atoms with van der Waals surface area (Å²) in [6.07, 6.45) is 6.28. The first kappa shape index (κ1) is 15.2. The molecule has 3 nitrogen and oxygen atoms in total. The number of hydrogen-bond acceptors (Lipinski definition) is 3. The first-order valence-electron chi connectivity index (χ1n) is 7.72. The Morgan fingerprint density at radius 3 is 2.95 bits per heavy atom. The molecule has 0 aliphatic carbocycles. The molecule has 0 saturated carbocycles. The Kier molecular flexibility index (Phi) is 5.35. The first-order valence-corrected chi connectivity index (χ1v) is 7.72. The SMILES string of the molecule is CC(C)NCc1cc(F)cnc1N1CCCCCC1C. The Labute approximate surface area is 121 Å². The zero-order chi connectivity index (χ0) is 14.5. The van der Waals surface area contributed by atoms with E-state index < -0.39 is 0 Å². The molecule has 4 heteroatoms. The molecular weight excluding hydrogens is 253 g/mol. The van der Waals surface area contributed by atoms with Crippen molar-refractivity contribution in [2.75, 3.05) is 11.4 Å². The summed E-state index contributed by atoms with van der Waals surface area (Å²) in [4.78, 5) is 6.73. The summed E-state index contributed by atoms with van der Waals surface area (Å²) in [5, 5.41) is 3.37. The average molecular weight is 279 g/mol. The zero-order valence-corrected chi connectivity index (χ0v) is 12.8. The number of nitrogens with zero attached hydrogens (tertiary/aromatic N) is 2. The second-order valence-corrected chi connectivity index (χ2v) is 6.06. The maximum atomic E-state index is 13.5. The van der Waals surface area contributed by atoms with Crippen LogP contribution in [0.25, 0.3) is 0 Å². The second kappa shape index (κ2) is 7.02. The van der Waals surface area contributed by atoms with E-state index >= 15 is 0 Å². The molecule has 1 fully saturated rings. The molecule has 0 aromatic carbocycles. The smallest absolute Gasteiger partial charge is 0.141 e. The summed E-state index contributed by atoms with van der Waals surface area (Å²) in [7, 11) is 0. The van der Waals surface area contributed by atoms with Gasteiger partial charge in [-0.05, 0) is 25.8 Å². The molecule has 20 heavy (non-hydrogen) atoms. The van der Waals surface area contributed by atoms with Crippen LogP contribution in [0.4, 0.5) is 10.2 Å². The van der Waals surface area contributed by atoms with Gasteiger partial charge in [0, 0.05) is 30.7 Å². The van der Waals surface area contributed by atoms with Crippen molar-refractivity contribution in [2.24, 2.45) is 0 Å². The topological polar surface area (TPSA) is 28.2 Å². The summed E-state index contributed by atoms with van der Waals surface area (Å²) in [6.45, 7) is 8.13. The molecular formula is C16H26FN3. The van der Waals surface area contributed by atoms with Gasteiger partial charge in [0.2, 0.25) is 0 Å². The van der Waals surface area contributed by atoms with Crippen LogP contribution in [0.1, 0.15) is 52.0 Å². The molecule has 1 N–H and O–H groups in total. The zero-order valence-electron chi connectivity index (χ0n) is 12.8. The van der Waals surface area contributed by atoms with E-state index in [-0.39, 0.29) is 5.82 Å². The van der Waals surface area contributed by atoms with Gasteiger partial charge in [-0.15, -0.1) is 0 Å². The Bertz CT molecular complexity index is 434. The Hall–Kier alpha value is -1.16. The predicted octanol–water partition coefficient (Wildman–Crippen LogP) is 3.49. The van der Waals surface area contributed by atoms with Crippen LogP contribution >= 0.6 is 0 Å². The minimum Gasteiger partial charge on any atom is -0.354 e. The molecule has 1 aromatic rings. The van der Waals surface area contributed by atoms with Crippen LogP contribution in [-0.4, -0.2) is 23.6 Å². The summed E-state index contributed by atoms with van der Waals surface area (Å²) >= 11 is 0. The fraction of sp³-hybridized carbons (Fsp3) is 0.688. The quantitative estimate of drug-likeness (QED) is 0.914. The maximum Gasteiger partial charge on any atom is 0.141 e. The van der Waals surface area contributed by atoms with Crippen LogP contribution in [0.5, 0.6) is 0 Å². The van der Waals surface area contributed by atoms with Crippen molar-refractivity contribution < 1.29 is 4.39 Å². The number of hydrogen-bond donors (Lipinski definition) is 1. The van der Waals surface area contributed by atoms with Crippen LogP contribution in [0.15, 0.2) is 12.3 Å². The van der Waals surface area contributed by atoms with Gasteiger partial charge >= 0.3 is 0 Å². The molecule has 0 radical (unpaired) electrons. The van der Waals surface area contributed by atoms with Crippen LogP contribution in [0.2, 0.25) is 0 Å². The van der Waals surface area contributed by atoms with Crippen molar-refractivity contribution in [3.05, 3.63) is 23.6 Å². The van der Waals surface area contributed by atoms with E-state index in [9.17, 15) is 4.39 Å². The molecule has 1 saturated heterocycles. The second-order valence-electron chi connectivity index (χ2n) is 6.06. The maximum absolute atomic E-state index is 13.5. The summed E-state index contributed by atoms with van der Waals surface area (Å²) < 4.78 is 13.5. The molecule has 0 spiro atoms. The normalized spacial score (nSPS) is 20.2. The van der Waals surface area contributed by atoms with E-state index in [1.54, 1.807) is 6.07 Å². The number of halogens is 1. The van der Waals surface area contributed by atoms with Gasteiger partial charge in [-0.25, -0.2) is 9.37 Å². The van der Waals surface area contributed by atoms with Crippen molar-refractivity contribution >= 4 is 5.82 Å². The Balaban J connectivity index is 2.24. The third-order valence-corrected chi connectivity index (χ3v) is 3.94. The van der Waals surface area contributed by atoms with Crippen LogP contribution in [-0.2, 0) is 6.54 Å². The summed E-state index contributed by atoms with van der Waals surface area (Å²) in [6, 6.07) is 2.48. The molecule has 112 valence electrons. The average Bonchev–Trinajstić information content (AvgIpc) is 2.61. The fourth-order valence-corrected chi connectivity index (χ4v) is 2.77. The van der Waals surface area contributed by atoms with Crippen molar-refractivity contribution in [2.45, 2.75) is 65.1 Å². The van der Waals surface area contributed by atoms with Gasteiger partial charge in [-0.2, -0.15) is 0 Å². The van der Waals surface area contributed by atoms with Gasteiger partial charge in [-0.1, -0.05) is 26.7 Å². The van der Waals surface area contributed by atoms with Gasteiger partial charge in [0.15, 0.2) is 0 Å². The lowest BCUT2D eigenvalue weighted by atomic mass is 10.1. The van der Waals surface area contributed by atoms with E-state index in [0.29, 0.717) is 18.6 Å². The van der Waals surface area contributed by atoms with Gasteiger partial charge in [0.1, 0.15) is 11.6 Å². The van der Waals surface area contributed by atoms with E-state index in [0.717, 1.165) is 17.9 Å². The van der Waals surface area contributed by atoms with E-state index in [2.05, 4.69) is 36.0 Å². The minimum absolute atomic E-state index is 0.253. The number of aromatic nitrogens is 1. The van der Waals surface area contributed by atoms with Crippen molar-refractivity contribution in [1.29, 1.82) is 0 Å². The third-order valence-electron chi connectivity index (χ3n) is 3.94. The lowest BCUT2D eigenvalue weighted by Crippen LogP contribution is -2.35. The van der Waals surface area contributed by atoms with Crippen molar-refractivity contribution in [3.63, 3.8) is 0 Å². The third kappa shape index (κ3) is 3.92. The molecule has 1 aromatic heterocycles. The van der Waals surface area contributed by atoms with Gasteiger partial charge < -0.3 is 10.2 Å². The Morgan fingerprint density at radius 2 is 2.20 bits per heavy atom. The van der Waals surface area contributed by atoms with Gasteiger partial charge in [0.25, 0.3) is 0 Å². The molecule has 1 aliphatic heterocycles. The number of nitrogens with one attached hydrogen (secondary N) is 1. The molecule has 1 unspecified atom stereocenters. The highest BCUT2D eigenvalue weighted by Gasteiger charge is 2.21. The lowest BCUT2D eigenvalue weighted by molar-refractivity contribution is 0.567. The molecule has 2 rings (SSSR count). The summed E-state index contributed by atoms with van der Waals surface area (Å²) in [5.41, 5.74) is 0.965. The first-order chi connectivity index (χ1) is 9.58.